The van der Waals surface area contributed by atoms with Crippen LogP contribution in [0.2, 0.25) is 0 Å². The second kappa shape index (κ2) is 7.66. The monoisotopic (exact) mass is 442 g/mol. The number of allylic oxidation sites excluding steroid dienone is 1. The lowest BCUT2D eigenvalue weighted by atomic mass is 9.85. The molecule has 6 nitrogen and oxygen atoms in total. The molecule has 2 aromatic carbocycles. The largest absolute Gasteiger partial charge is 0.376 e. The summed E-state index contributed by atoms with van der Waals surface area (Å²) in [5.41, 5.74) is 3.58. The molecule has 0 aliphatic carbocycles. The molecule has 4 aliphatic heterocycles. The molecule has 3 fully saturated rings. The number of benzene rings is 2. The molecule has 4 aliphatic rings. The Morgan fingerprint density at radius 1 is 1.00 bits per heavy atom. The van der Waals surface area contributed by atoms with Crippen LogP contribution in [0, 0.1) is 11.8 Å². The van der Waals surface area contributed by atoms with Gasteiger partial charge in [-0.05, 0) is 31.4 Å². The van der Waals surface area contributed by atoms with E-state index in [0.29, 0.717) is 12.2 Å². The van der Waals surface area contributed by atoms with Crippen LogP contribution in [0.5, 0.6) is 0 Å². The highest BCUT2D eigenvalue weighted by Crippen LogP contribution is 2.50. The molecular weight excluding hydrogens is 416 g/mol. The molecule has 2 amide bonds. The summed E-state index contributed by atoms with van der Waals surface area (Å²) in [6.45, 7) is 2.98. The maximum Gasteiger partial charge on any atom is 0.235 e. The lowest BCUT2D eigenvalue weighted by Gasteiger charge is -2.38. The van der Waals surface area contributed by atoms with Crippen molar-refractivity contribution in [3.63, 3.8) is 0 Å². The lowest BCUT2D eigenvalue weighted by molar-refractivity contribution is -0.142. The van der Waals surface area contributed by atoms with Crippen LogP contribution in [0.15, 0.2) is 60.7 Å². The van der Waals surface area contributed by atoms with Gasteiger partial charge in [0.2, 0.25) is 11.8 Å². The van der Waals surface area contributed by atoms with Crippen LogP contribution in [0.25, 0.3) is 5.57 Å². The number of fused-ring (bicyclic) bond motifs is 5. The van der Waals surface area contributed by atoms with Crippen LogP contribution in [0.3, 0.4) is 0 Å². The predicted molar refractivity (Wildman–Crippen MR) is 124 cm³/mol. The molecule has 3 saturated heterocycles. The highest BCUT2D eigenvalue weighted by atomic mass is 16.5. The molecule has 0 bridgehead atoms. The molecule has 0 radical (unpaired) electrons. The Balaban J connectivity index is 1.46. The third kappa shape index (κ3) is 3.00. The van der Waals surface area contributed by atoms with E-state index >= 15 is 0 Å². The van der Waals surface area contributed by atoms with Gasteiger partial charge in [-0.3, -0.25) is 19.3 Å². The number of carbonyl (C=O) groups excluding carboxylic acids is 3. The molecule has 0 unspecified atom stereocenters. The van der Waals surface area contributed by atoms with Gasteiger partial charge in [0.15, 0.2) is 5.78 Å². The molecule has 0 spiro atoms. The van der Waals surface area contributed by atoms with Crippen molar-refractivity contribution < 1.29 is 19.1 Å². The standard InChI is InChI=1S/C27H26N2O4/c1-16-14-21-22-23(27(32)28(26(22)31)15-18-10-7-13-33-18)24(25(30)17-8-3-2-4-9-17)29(21)20-12-6-5-11-19(16)20/h2-6,8-9,11-12,14,18,21-24H,7,10,13,15H2,1H3/t18-,21+,22-,23+,24-/m0/s1. The van der Waals surface area contributed by atoms with Crippen molar-refractivity contribution in [2.75, 3.05) is 18.1 Å². The van der Waals surface area contributed by atoms with Crippen LogP contribution >= 0.6 is 0 Å². The van der Waals surface area contributed by atoms with Crippen LogP contribution in [-0.4, -0.2) is 53.8 Å². The van der Waals surface area contributed by atoms with E-state index in [-0.39, 0.29) is 36.3 Å². The van der Waals surface area contributed by atoms with Gasteiger partial charge < -0.3 is 9.64 Å². The predicted octanol–water partition coefficient (Wildman–Crippen LogP) is 3.32. The minimum absolute atomic E-state index is 0.111. The number of carbonyl (C=O) groups is 3. The smallest absolute Gasteiger partial charge is 0.235 e. The Bertz CT molecular complexity index is 1170. The summed E-state index contributed by atoms with van der Waals surface area (Å²) in [5.74, 6) is -1.81. The fraction of sp³-hybridized carbons (Fsp3) is 0.370. The molecule has 33 heavy (non-hydrogen) atoms. The van der Waals surface area contributed by atoms with Crippen LogP contribution in [-0.2, 0) is 14.3 Å². The number of ketones is 1. The van der Waals surface area contributed by atoms with Crippen molar-refractivity contribution in [1.29, 1.82) is 0 Å². The number of rotatable bonds is 4. The molecule has 0 saturated carbocycles. The van der Waals surface area contributed by atoms with E-state index < -0.39 is 17.9 Å². The topological polar surface area (TPSA) is 66.9 Å². The summed E-state index contributed by atoms with van der Waals surface area (Å²) < 4.78 is 5.71. The molecule has 6 heteroatoms. The van der Waals surface area contributed by atoms with Crippen molar-refractivity contribution in [3.8, 4) is 0 Å². The number of ether oxygens (including phenoxy) is 1. The maximum absolute atomic E-state index is 13.9. The lowest BCUT2D eigenvalue weighted by Crippen LogP contribution is -2.49. The quantitative estimate of drug-likeness (QED) is 0.537. The van der Waals surface area contributed by atoms with E-state index in [0.717, 1.165) is 29.7 Å². The van der Waals surface area contributed by atoms with Gasteiger partial charge in [0, 0.05) is 23.4 Å². The zero-order valence-corrected chi connectivity index (χ0v) is 18.5. The van der Waals surface area contributed by atoms with Crippen molar-refractivity contribution in [2.24, 2.45) is 11.8 Å². The van der Waals surface area contributed by atoms with Crippen molar-refractivity contribution in [2.45, 2.75) is 38.0 Å². The zero-order valence-electron chi connectivity index (χ0n) is 18.5. The van der Waals surface area contributed by atoms with Gasteiger partial charge in [-0.1, -0.05) is 54.6 Å². The first kappa shape index (κ1) is 20.4. The molecule has 6 rings (SSSR count). The fourth-order valence-electron chi connectivity index (χ4n) is 6.10. The summed E-state index contributed by atoms with van der Waals surface area (Å²) in [7, 11) is 0. The van der Waals surface area contributed by atoms with Gasteiger partial charge in [-0.2, -0.15) is 0 Å². The Hall–Kier alpha value is -3.25. The van der Waals surface area contributed by atoms with Gasteiger partial charge in [0.1, 0.15) is 6.04 Å². The van der Waals surface area contributed by atoms with E-state index in [1.165, 1.54) is 4.90 Å². The maximum atomic E-state index is 13.9. The first-order chi connectivity index (χ1) is 16.1. The molecule has 5 atom stereocenters. The summed E-state index contributed by atoms with van der Waals surface area (Å²) in [6.07, 6.45) is 3.75. The Kier molecular flexibility index (Phi) is 4.73. The van der Waals surface area contributed by atoms with E-state index in [1.54, 1.807) is 12.1 Å². The van der Waals surface area contributed by atoms with E-state index in [2.05, 4.69) is 6.08 Å². The van der Waals surface area contributed by atoms with Crippen LogP contribution in [0.1, 0.15) is 35.7 Å². The van der Waals surface area contributed by atoms with Crippen LogP contribution < -0.4 is 4.90 Å². The summed E-state index contributed by atoms with van der Waals surface area (Å²) in [4.78, 5) is 44.6. The minimum Gasteiger partial charge on any atom is -0.376 e. The second-order valence-electron chi connectivity index (χ2n) is 9.41. The fourth-order valence-corrected chi connectivity index (χ4v) is 6.10. The van der Waals surface area contributed by atoms with Crippen molar-refractivity contribution in [1.82, 2.24) is 4.90 Å². The van der Waals surface area contributed by atoms with E-state index in [9.17, 15) is 14.4 Å². The summed E-state index contributed by atoms with van der Waals surface area (Å²) in [6, 6.07) is 16.0. The molecule has 0 aromatic heterocycles. The Labute approximate surface area is 192 Å². The number of Topliss-reactive ketones (excluding diaryl/α,β-unsaturated/α-hetero) is 1. The van der Waals surface area contributed by atoms with Gasteiger partial charge in [-0.15, -0.1) is 0 Å². The number of para-hydroxylation sites is 1. The zero-order chi connectivity index (χ0) is 22.7. The molecular formula is C27H26N2O4. The average Bonchev–Trinajstić information content (AvgIpc) is 3.53. The normalized spacial score (nSPS) is 30.2. The van der Waals surface area contributed by atoms with Gasteiger partial charge in [0.05, 0.1) is 30.5 Å². The number of imide groups is 1. The van der Waals surface area contributed by atoms with E-state index in [4.69, 9.17) is 4.74 Å². The number of nitrogens with zero attached hydrogens (tertiary/aromatic N) is 2. The second-order valence-corrected chi connectivity index (χ2v) is 9.41. The molecule has 2 aromatic rings. The first-order valence-electron chi connectivity index (χ1n) is 11.7. The summed E-state index contributed by atoms with van der Waals surface area (Å²) in [5, 5.41) is 0. The number of hydrogen-bond donors (Lipinski definition) is 0. The third-order valence-corrected chi connectivity index (χ3v) is 7.58. The van der Waals surface area contributed by atoms with Crippen LogP contribution in [0.4, 0.5) is 5.69 Å². The Morgan fingerprint density at radius 3 is 2.48 bits per heavy atom. The number of amides is 2. The van der Waals surface area contributed by atoms with Gasteiger partial charge >= 0.3 is 0 Å². The van der Waals surface area contributed by atoms with E-state index in [1.807, 2.05) is 54.3 Å². The third-order valence-electron chi connectivity index (χ3n) is 7.58. The van der Waals surface area contributed by atoms with Gasteiger partial charge in [-0.25, -0.2) is 0 Å². The summed E-state index contributed by atoms with van der Waals surface area (Å²) >= 11 is 0. The van der Waals surface area contributed by atoms with Gasteiger partial charge in [0.25, 0.3) is 0 Å². The average molecular weight is 443 g/mol. The first-order valence-corrected chi connectivity index (χ1v) is 11.7. The number of hydrogen-bond acceptors (Lipinski definition) is 5. The Morgan fingerprint density at radius 2 is 1.73 bits per heavy atom. The highest BCUT2D eigenvalue weighted by Gasteiger charge is 2.64. The molecule has 4 heterocycles. The van der Waals surface area contributed by atoms with Crippen molar-refractivity contribution in [3.05, 3.63) is 71.8 Å². The molecule has 168 valence electrons. The highest BCUT2D eigenvalue weighted by molar-refractivity contribution is 6.14. The SMILES string of the molecule is CC1=C[C@@H]2[C@@H]3C(=O)N(C[C@@H]4CCCO4)C(=O)[C@H]3[C@@H](C(=O)c3ccccc3)N2c2ccccc21. The minimum atomic E-state index is -0.723. The molecule has 0 N–H and O–H groups in total. The number of likely N-dealkylation sites (tertiary alicyclic amines) is 1. The van der Waals surface area contributed by atoms with Crippen molar-refractivity contribution >= 4 is 28.9 Å². The number of anilines is 1.